The maximum atomic E-state index is 12.3. The molecule has 1 unspecified atom stereocenters. The van der Waals surface area contributed by atoms with Crippen LogP contribution in [0.4, 0.5) is 16.2 Å². The summed E-state index contributed by atoms with van der Waals surface area (Å²) in [5.41, 5.74) is 11.2. The first-order chi connectivity index (χ1) is 18.1. The lowest BCUT2D eigenvalue weighted by atomic mass is 9.92. The molecule has 1 atom stereocenters. The van der Waals surface area contributed by atoms with Crippen molar-refractivity contribution in [1.29, 1.82) is 0 Å². The summed E-state index contributed by atoms with van der Waals surface area (Å²) in [7, 11) is 0. The minimum atomic E-state index is -0.414. The lowest BCUT2D eigenvalue weighted by molar-refractivity contribution is 0.108. The van der Waals surface area contributed by atoms with Crippen molar-refractivity contribution in [2.75, 3.05) is 17.7 Å². The molecule has 0 spiro atoms. The highest BCUT2D eigenvalue weighted by Gasteiger charge is 2.31. The van der Waals surface area contributed by atoms with E-state index in [0.29, 0.717) is 30.8 Å². The van der Waals surface area contributed by atoms with E-state index >= 15 is 0 Å². The van der Waals surface area contributed by atoms with Crippen LogP contribution in [0, 0.1) is 5.92 Å². The van der Waals surface area contributed by atoms with Crippen molar-refractivity contribution >= 4 is 28.4 Å². The van der Waals surface area contributed by atoms with Crippen LogP contribution in [0.25, 0.3) is 22.2 Å². The molecule has 2 heterocycles. The second-order valence-corrected chi connectivity index (χ2v) is 9.93. The first-order valence-electron chi connectivity index (χ1n) is 12.9. The number of benzene rings is 2. The smallest absolute Gasteiger partial charge is 0.411 e. The molecule has 2 aliphatic carbocycles. The first kappa shape index (κ1) is 23.3. The Kier molecular flexibility index (Phi) is 6.15. The number of fused-ring (bicyclic) bond motifs is 1. The van der Waals surface area contributed by atoms with Gasteiger partial charge < -0.3 is 19.8 Å². The fourth-order valence-electron chi connectivity index (χ4n) is 4.95. The topological polar surface area (TPSA) is 122 Å². The number of rotatable bonds is 9. The van der Waals surface area contributed by atoms with Crippen molar-refractivity contribution < 1.29 is 14.3 Å². The molecule has 0 saturated heterocycles. The summed E-state index contributed by atoms with van der Waals surface area (Å²) in [6, 6.07) is 14.2. The van der Waals surface area contributed by atoms with Crippen molar-refractivity contribution in [1.82, 2.24) is 24.8 Å². The van der Waals surface area contributed by atoms with E-state index in [0.717, 1.165) is 59.3 Å². The number of aromatic nitrogens is 5. The number of carbonyl (C=O) groups is 1. The number of hydrogen-bond donors (Lipinski definition) is 2. The van der Waals surface area contributed by atoms with Gasteiger partial charge in [-0.05, 0) is 74.4 Å². The average Bonchev–Trinajstić information content (AvgIpc) is 3.52. The number of nitrogens with two attached hydrogens (primary N) is 1. The summed E-state index contributed by atoms with van der Waals surface area (Å²) in [6.07, 6.45) is 6.64. The summed E-state index contributed by atoms with van der Waals surface area (Å²) in [5.74, 6) is 1.27. The van der Waals surface area contributed by atoms with Crippen LogP contribution in [0.1, 0.15) is 45.1 Å². The van der Waals surface area contributed by atoms with Crippen LogP contribution in [-0.2, 0) is 11.3 Å². The van der Waals surface area contributed by atoms with Gasteiger partial charge in [-0.25, -0.2) is 4.79 Å². The van der Waals surface area contributed by atoms with E-state index in [-0.39, 0.29) is 6.10 Å². The number of ether oxygens (including phenoxy) is 2. The number of tetrazole rings is 1. The Balaban J connectivity index is 1.24. The van der Waals surface area contributed by atoms with E-state index in [1.165, 1.54) is 17.5 Å². The fourth-order valence-corrected chi connectivity index (χ4v) is 4.95. The SMILES string of the molecule is CC(OC(=O)Nc1ccc(-c2c(N)c3ccc(OCCn4ncnn4)cc3n2C2CCC2)cc1)C1CC1. The van der Waals surface area contributed by atoms with Crippen molar-refractivity contribution in [3.8, 4) is 17.0 Å². The van der Waals surface area contributed by atoms with Crippen LogP contribution in [0.2, 0.25) is 0 Å². The molecule has 6 rings (SSSR count). The lowest BCUT2D eigenvalue weighted by Gasteiger charge is -2.30. The van der Waals surface area contributed by atoms with E-state index in [2.05, 4.69) is 31.4 Å². The molecule has 10 heteroatoms. The van der Waals surface area contributed by atoms with Gasteiger partial charge in [-0.2, -0.15) is 4.80 Å². The van der Waals surface area contributed by atoms with Crippen molar-refractivity contribution in [3.63, 3.8) is 0 Å². The van der Waals surface area contributed by atoms with E-state index < -0.39 is 6.09 Å². The standard InChI is InChI=1S/C27H31N7O3/c1-17(18-5-6-18)37-27(35)31-20-9-7-19(8-10-20)26-25(28)23-12-11-22(36-14-13-33-30-16-29-32-33)15-24(23)34(26)21-3-2-4-21/h7-12,15-18,21H,2-6,13-14,28H2,1H3,(H,31,35). The van der Waals surface area contributed by atoms with Crippen LogP contribution >= 0.6 is 0 Å². The van der Waals surface area contributed by atoms with E-state index in [1.807, 2.05) is 43.3 Å². The molecule has 2 fully saturated rings. The molecule has 2 aromatic carbocycles. The van der Waals surface area contributed by atoms with Crippen LogP contribution in [0.5, 0.6) is 5.75 Å². The summed E-state index contributed by atoms with van der Waals surface area (Å²) >= 11 is 0. The van der Waals surface area contributed by atoms with E-state index in [4.69, 9.17) is 15.2 Å². The van der Waals surface area contributed by atoms with Gasteiger partial charge in [0, 0.05) is 28.7 Å². The quantitative estimate of drug-likeness (QED) is 0.330. The number of amides is 1. The average molecular weight is 502 g/mol. The van der Waals surface area contributed by atoms with Gasteiger partial charge in [0.2, 0.25) is 0 Å². The molecule has 0 radical (unpaired) electrons. The Morgan fingerprint density at radius 3 is 2.65 bits per heavy atom. The van der Waals surface area contributed by atoms with E-state index in [9.17, 15) is 4.79 Å². The number of hydrogen-bond acceptors (Lipinski definition) is 7. The maximum Gasteiger partial charge on any atom is 0.411 e. The molecule has 0 bridgehead atoms. The third-order valence-electron chi connectivity index (χ3n) is 7.39. The molecular formula is C27H31N7O3. The molecule has 192 valence electrons. The predicted octanol–water partition coefficient (Wildman–Crippen LogP) is 5.03. The largest absolute Gasteiger partial charge is 0.492 e. The van der Waals surface area contributed by atoms with Gasteiger partial charge in [0.05, 0.1) is 23.4 Å². The Morgan fingerprint density at radius 1 is 1.16 bits per heavy atom. The predicted molar refractivity (Wildman–Crippen MR) is 140 cm³/mol. The van der Waals surface area contributed by atoms with Gasteiger partial charge in [0.1, 0.15) is 18.5 Å². The molecule has 2 aromatic heterocycles. The minimum absolute atomic E-state index is 0.0506. The summed E-state index contributed by atoms with van der Waals surface area (Å²) < 4.78 is 13.8. The van der Waals surface area contributed by atoms with Gasteiger partial charge in [0.25, 0.3) is 0 Å². The second kappa shape index (κ2) is 9.76. The zero-order valence-corrected chi connectivity index (χ0v) is 20.8. The number of carbonyl (C=O) groups excluding carboxylic acids is 1. The fraction of sp³-hybridized carbons (Fsp3) is 0.407. The highest BCUT2D eigenvalue weighted by Crippen LogP contribution is 2.45. The van der Waals surface area contributed by atoms with Crippen LogP contribution < -0.4 is 15.8 Å². The number of anilines is 2. The molecule has 37 heavy (non-hydrogen) atoms. The Morgan fingerprint density at radius 2 is 1.97 bits per heavy atom. The van der Waals surface area contributed by atoms with Crippen molar-refractivity contribution in [2.24, 2.45) is 5.92 Å². The Labute approximate surface area is 214 Å². The van der Waals surface area contributed by atoms with Gasteiger partial charge >= 0.3 is 6.09 Å². The molecule has 1 amide bonds. The summed E-state index contributed by atoms with van der Waals surface area (Å²) in [4.78, 5) is 13.8. The van der Waals surface area contributed by atoms with Crippen LogP contribution in [0.15, 0.2) is 48.8 Å². The highest BCUT2D eigenvalue weighted by molar-refractivity contribution is 6.01. The molecule has 4 aromatic rings. The second-order valence-electron chi connectivity index (χ2n) is 9.93. The van der Waals surface area contributed by atoms with Gasteiger partial charge in [0.15, 0.2) is 6.33 Å². The monoisotopic (exact) mass is 501 g/mol. The molecule has 0 aliphatic heterocycles. The van der Waals surface area contributed by atoms with Gasteiger partial charge in [-0.3, -0.25) is 5.32 Å². The number of nitrogens with one attached hydrogen (secondary N) is 1. The zero-order chi connectivity index (χ0) is 25.4. The Hall–Kier alpha value is -4.08. The molecule has 10 nitrogen and oxygen atoms in total. The van der Waals surface area contributed by atoms with Crippen LogP contribution in [-0.4, -0.2) is 43.6 Å². The number of nitrogens with zero attached hydrogens (tertiary/aromatic N) is 5. The van der Waals surface area contributed by atoms with E-state index in [1.54, 1.807) is 0 Å². The normalized spacial score (nSPS) is 16.4. The number of nitrogen functional groups attached to an aromatic ring is 1. The zero-order valence-electron chi connectivity index (χ0n) is 20.8. The third kappa shape index (κ3) is 4.83. The maximum absolute atomic E-state index is 12.3. The highest BCUT2D eigenvalue weighted by atomic mass is 16.6. The summed E-state index contributed by atoms with van der Waals surface area (Å²) in [5, 5.41) is 15.4. The minimum Gasteiger partial charge on any atom is -0.492 e. The van der Waals surface area contributed by atoms with Gasteiger partial charge in [-0.1, -0.05) is 12.1 Å². The molecule has 3 N–H and O–H groups in total. The molecule has 2 aliphatic rings. The van der Waals surface area contributed by atoms with Crippen molar-refractivity contribution in [3.05, 3.63) is 48.8 Å². The Bertz CT molecular complexity index is 1390. The molecular weight excluding hydrogens is 470 g/mol. The summed E-state index contributed by atoms with van der Waals surface area (Å²) in [6.45, 7) is 2.90. The van der Waals surface area contributed by atoms with Gasteiger partial charge in [-0.15, -0.1) is 10.2 Å². The lowest BCUT2D eigenvalue weighted by Crippen LogP contribution is -2.21. The molecule has 2 saturated carbocycles. The van der Waals surface area contributed by atoms with Crippen LogP contribution in [0.3, 0.4) is 0 Å². The first-order valence-corrected chi connectivity index (χ1v) is 12.9. The third-order valence-corrected chi connectivity index (χ3v) is 7.39. The van der Waals surface area contributed by atoms with Crippen molar-refractivity contribution in [2.45, 2.75) is 57.7 Å².